The molecule has 1 spiro atoms. The van der Waals surface area contributed by atoms with E-state index in [1.165, 1.54) is 0 Å². The minimum atomic E-state index is -0.0442. The molecule has 5 nitrogen and oxygen atoms in total. The zero-order chi connectivity index (χ0) is 14.4. The van der Waals surface area contributed by atoms with Crippen LogP contribution in [-0.4, -0.2) is 41.3 Å². The van der Waals surface area contributed by atoms with Gasteiger partial charge in [-0.1, -0.05) is 0 Å². The highest BCUT2D eigenvalue weighted by Crippen LogP contribution is 2.43. The Morgan fingerprint density at radius 2 is 2.19 bits per heavy atom. The first-order chi connectivity index (χ1) is 10.2. The molecule has 0 aromatic carbocycles. The lowest BCUT2D eigenvalue weighted by atomic mass is 9.86. The molecule has 4 rings (SSSR count). The first-order valence-corrected chi connectivity index (χ1v) is 7.66. The summed E-state index contributed by atoms with van der Waals surface area (Å²) >= 11 is 0. The maximum absolute atomic E-state index is 12.4. The Morgan fingerprint density at radius 3 is 2.90 bits per heavy atom. The van der Waals surface area contributed by atoms with E-state index in [1.807, 2.05) is 21.9 Å². The maximum atomic E-state index is 12.4. The molecule has 0 bridgehead atoms. The molecule has 110 valence electrons. The van der Waals surface area contributed by atoms with Crippen LogP contribution in [0.25, 0.3) is 0 Å². The van der Waals surface area contributed by atoms with E-state index < -0.39 is 0 Å². The fraction of sp³-hybridized carbons (Fsp3) is 0.562. The number of carbonyl (C=O) groups excluding carboxylic acids is 2. The first kappa shape index (κ1) is 12.8. The summed E-state index contributed by atoms with van der Waals surface area (Å²) in [4.78, 5) is 32.5. The van der Waals surface area contributed by atoms with Gasteiger partial charge in [0.25, 0.3) is 0 Å². The van der Waals surface area contributed by atoms with Gasteiger partial charge in [-0.2, -0.15) is 0 Å². The third-order valence-corrected chi connectivity index (χ3v) is 4.95. The summed E-state index contributed by atoms with van der Waals surface area (Å²) in [5.74, 6) is 0.731. The number of amides is 2. The lowest BCUT2D eigenvalue weighted by Gasteiger charge is -2.24. The lowest BCUT2D eigenvalue weighted by Crippen LogP contribution is -2.34. The van der Waals surface area contributed by atoms with Crippen molar-refractivity contribution in [3.8, 4) is 0 Å². The molecule has 1 aromatic rings. The van der Waals surface area contributed by atoms with Gasteiger partial charge in [0.15, 0.2) is 0 Å². The largest absolute Gasteiger partial charge is 0.342 e. The van der Waals surface area contributed by atoms with Gasteiger partial charge in [-0.05, 0) is 31.4 Å². The number of carbonyl (C=O) groups is 2. The summed E-state index contributed by atoms with van der Waals surface area (Å²) in [5.41, 5.74) is 0.823. The molecule has 2 saturated heterocycles. The second kappa shape index (κ2) is 4.55. The molecular weight excluding hydrogens is 266 g/mol. The van der Waals surface area contributed by atoms with Crippen molar-refractivity contribution in [1.29, 1.82) is 0 Å². The summed E-state index contributed by atoms with van der Waals surface area (Å²) in [6.07, 6.45) is 7.03. The second-order valence-corrected chi connectivity index (χ2v) is 6.65. The average molecular weight is 285 g/mol. The molecule has 3 aliphatic rings. The molecule has 3 heterocycles. The Kier molecular flexibility index (Phi) is 2.77. The van der Waals surface area contributed by atoms with Gasteiger partial charge < -0.3 is 9.80 Å². The van der Waals surface area contributed by atoms with Crippen molar-refractivity contribution in [2.75, 3.05) is 24.5 Å². The SMILES string of the molecule is O=C(C1CC1)N1CC[C@@]2(CC(=O)N(c3cccnc3)C2)C1. The number of pyridine rings is 1. The van der Waals surface area contributed by atoms with Crippen LogP contribution >= 0.6 is 0 Å². The number of nitrogens with zero attached hydrogens (tertiary/aromatic N) is 3. The van der Waals surface area contributed by atoms with Crippen LogP contribution in [0.15, 0.2) is 24.5 Å². The quantitative estimate of drug-likeness (QED) is 0.826. The lowest BCUT2D eigenvalue weighted by molar-refractivity contribution is -0.132. The molecule has 21 heavy (non-hydrogen) atoms. The molecule has 5 heteroatoms. The van der Waals surface area contributed by atoms with Gasteiger partial charge in [-0.25, -0.2) is 0 Å². The van der Waals surface area contributed by atoms with Crippen LogP contribution in [0, 0.1) is 11.3 Å². The summed E-state index contributed by atoms with van der Waals surface area (Å²) in [5, 5.41) is 0. The summed E-state index contributed by atoms with van der Waals surface area (Å²) < 4.78 is 0. The molecule has 0 N–H and O–H groups in total. The zero-order valence-electron chi connectivity index (χ0n) is 12.0. The van der Waals surface area contributed by atoms with Crippen LogP contribution in [0.3, 0.4) is 0 Å². The highest BCUT2D eigenvalue weighted by molar-refractivity contribution is 5.96. The van der Waals surface area contributed by atoms with Crippen LogP contribution in [0.4, 0.5) is 5.69 Å². The standard InChI is InChI=1S/C16H19N3O2/c20-14-8-16(11-19(14)13-2-1-6-17-9-13)5-7-18(10-16)15(21)12-3-4-12/h1-2,6,9,12H,3-5,7-8,10-11H2/t16-/m1/s1. The molecule has 2 aliphatic heterocycles. The molecule has 3 fully saturated rings. The third kappa shape index (κ3) is 2.20. The highest BCUT2D eigenvalue weighted by Gasteiger charge is 2.50. The van der Waals surface area contributed by atoms with Crippen LogP contribution in [0.5, 0.6) is 0 Å². The molecular formula is C16H19N3O2. The van der Waals surface area contributed by atoms with Crippen LogP contribution < -0.4 is 4.90 Å². The van der Waals surface area contributed by atoms with Crippen molar-refractivity contribution in [1.82, 2.24) is 9.88 Å². The number of aromatic nitrogens is 1. The minimum absolute atomic E-state index is 0.0442. The number of anilines is 1. The van der Waals surface area contributed by atoms with E-state index in [9.17, 15) is 9.59 Å². The average Bonchev–Trinajstić information content (AvgIpc) is 3.20. The molecule has 1 atom stereocenters. The molecule has 1 saturated carbocycles. The van der Waals surface area contributed by atoms with Gasteiger partial charge in [0, 0.05) is 43.6 Å². The topological polar surface area (TPSA) is 53.5 Å². The van der Waals surface area contributed by atoms with E-state index in [2.05, 4.69) is 4.98 Å². The monoisotopic (exact) mass is 285 g/mol. The van der Waals surface area contributed by atoms with Crippen LogP contribution in [0.2, 0.25) is 0 Å². The minimum Gasteiger partial charge on any atom is -0.342 e. The van der Waals surface area contributed by atoms with Gasteiger partial charge in [0.1, 0.15) is 0 Å². The molecule has 0 unspecified atom stereocenters. The van der Waals surface area contributed by atoms with Gasteiger partial charge >= 0.3 is 0 Å². The van der Waals surface area contributed by atoms with Gasteiger partial charge in [0.05, 0.1) is 11.9 Å². The molecule has 0 radical (unpaired) electrons. The van der Waals surface area contributed by atoms with Crippen LogP contribution in [-0.2, 0) is 9.59 Å². The van der Waals surface area contributed by atoms with Gasteiger partial charge in [0.2, 0.25) is 11.8 Å². The zero-order valence-corrected chi connectivity index (χ0v) is 12.0. The number of hydrogen-bond acceptors (Lipinski definition) is 3. The van der Waals surface area contributed by atoms with E-state index in [4.69, 9.17) is 0 Å². The Balaban J connectivity index is 1.50. The van der Waals surface area contributed by atoms with E-state index in [1.54, 1.807) is 12.4 Å². The van der Waals surface area contributed by atoms with E-state index in [0.717, 1.165) is 38.0 Å². The van der Waals surface area contributed by atoms with Crippen molar-refractivity contribution in [3.63, 3.8) is 0 Å². The number of likely N-dealkylation sites (tertiary alicyclic amines) is 1. The van der Waals surface area contributed by atoms with Gasteiger partial charge in [-0.3, -0.25) is 14.6 Å². The summed E-state index contributed by atoms with van der Waals surface area (Å²) in [6.45, 7) is 2.26. The van der Waals surface area contributed by atoms with Crippen molar-refractivity contribution >= 4 is 17.5 Å². The molecule has 1 aromatic heterocycles. The smallest absolute Gasteiger partial charge is 0.227 e. The fourth-order valence-corrected chi connectivity index (χ4v) is 3.63. The van der Waals surface area contributed by atoms with E-state index >= 15 is 0 Å². The summed E-state index contributed by atoms with van der Waals surface area (Å²) in [7, 11) is 0. The van der Waals surface area contributed by atoms with E-state index in [-0.39, 0.29) is 17.2 Å². The van der Waals surface area contributed by atoms with E-state index in [0.29, 0.717) is 18.9 Å². The Bertz CT molecular complexity index is 584. The van der Waals surface area contributed by atoms with Crippen molar-refractivity contribution < 1.29 is 9.59 Å². The Morgan fingerprint density at radius 1 is 1.33 bits per heavy atom. The predicted molar refractivity (Wildman–Crippen MR) is 77.6 cm³/mol. The van der Waals surface area contributed by atoms with Crippen molar-refractivity contribution in [3.05, 3.63) is 24.5 Å². The summed E-state index contributed by atoms with van der Waals surface area (Å²) in [6, 6.07) is 3.77. The Hall–Kier alpha value is -1.91. The van der Waals surface area contributed by atoms with Gasteiger partial charge in [-0.15, -0.1) is 0 Å². The third-order valence-electron chi connectivity index (χ3n) is 4.95. The molecule has 2 amide bonds. The van der Waals surface area contributed by atoms with Crippen LogP contribution in [0.1, 0.15) is 25.7 Å². The maximum Gasteiger partial charge on any atom is 0.227 e. The number of hydrogen-bond donors (Lipinski definition) is 0. The van der Waals surface area contributed by atoms with Crippen molar-refractivity contribution in [2.24, 2.45) is 11.3 Å². The second-order valence-electron chi connectivity index (χ2n) is 6.65. The molecule has 1 aliphatic carbocycles. The van der Waals surface area contributed by atoms with Crippen molar-refractivity contribution in [2.45, 2.75) is 25.7 Å². The first-order valence-electron chi connectivity index (χ1n) is 7.66. The fourth-order valence-electron chi connectivity index (χ4n) is 3.63. The highest BCUT2D eigenvalue weighted by atomic mass is 16.2. The predicted octanol–water partition coefficient (Wildman–Crippen LogP) is 1.45. The Labute approximate surface area is 123 Å². The normalized spacial score (nSPS) is 28.7. The number of rotatable bonds is 2.